The lowest BCUT2D eigenvalue weighted by Gasteiger charge is -2.37. The maximum atomic E-state index is 13.4. The van der Waals surface area contributed by atoms with E-state index in [1.807, 2.05) is 0 Å². The number of hydrogen-bond acceptors (Lipinski definition) is 5. The SMILES string of the molecule is CC1([N+](=O)[O-])COC2(OC1)C(=O)N(Cc1c(Cl)cccc1Cl)c1ccccc12. The van der Waals surface area contributed by atoms with Crippen LogP contribution in [0.3, 0.4) is 0 Å². The van der Waals surface area contributed by atoms with Gasteiger partial charge in [0.2, 0.25) is 0 Å². The quantitative estimate of drug-likeness (QED) is 0.555. The summed E-state index contributed by atoms with van der Waals surface area (Å²) in [6.45, 7) is 1.04. The van der Waals surface area contributed by atoms with Gasteiger partial charge >= 0.3 is 0 Å². The summed E-state index contributed by atoms with van der Waals surface area (Å²) in [5, 5.41) is 12.2. The number of hydrogen-bond donors (Lipinski definition) is 0. The van der Waals surface area contributed by atoms with Crippen LogP contribution in [-0.2, 0) is 26.6 Å². The molecule has 0 radical (unpaired) electrons. The number of amides is 1. The van der Waals surface area contributed by atoms with E-state index in [0.717, 1.165) is 0 Å². The van der Waals surface area contributed by atoms with Gasteiger partial charge in [0.25, 0.3) is 17.2 Å². The monoisotopic (exact) mass is 422 g/mol. The van der Waals surface area contributed by atoms with E-state index in [1.165, 1.54) is 11.8 Å². The van der Waals surface area contributed by atoms with E-state index in [4.69, 9.17) is 32.7 Å². The number of carbonyl (C=O) groups excluding carboxylic acids is 1. The third-order valence-electron chi connectivity index (χ3n) is 5.07. The highest BCUT2D eigenvalue weighted by atomic mass is 35.5. The Kier molecular flexibility index (Phi) is 4.58. The van der Waals surface area contributed by atoms with Gasteiger partial charge in [-0.3, -0.25) is 14.9 Å². The van der Waals surface area contributed by atoms with Crippen molar-refractivity contribution >= 4 is 34.8 Å². The summed E-state index contributed by atoms with van der Waals surface area (Å²) in [6.07, 6.45) is 0. The lowest BCUT2D eigenvalue weighted by Crippen LogP contribution is -2.57. The van der Waals surface area contributed by atoms with Crippen LogP contribution >= 0.6 is 23.2 Å². The molecule has 1 spiro atoms. The zero-order valence-corrected chi connectivity index (χ0v) is 16.4. The second-order valence-electron chi connectivity index (χ2n) is 7.06. The molecule has 1 fully saturated rings. The molecule has 0 atom stereocenters. The number of para-hydroxylation sites is 1. The molecule has 2 aliphatic rings. The largest absolute Gasteiger partial charge is 0.331 e. The molecule has 0 N–H and O–H groups in total. The first-order valence-electron chi connectivity index (χ1n) is 8.55. The van der Waals surface area contributed by atoms with Crippen molar-refractivity contribution in [3.05, 3.63) is 73.8 Å². The maximum absolute atomic E-state index is 13.4. The van der Waals surface area contributed by atoms with Gasteiger partial charge < -0.3 is 14.4 Å². The Hall–Kier alpha value is -2.19. The highest BCUT2D eigenvalue weighted by molar-refractivity contribution is 6.36. The molecular weight excluding hydrogens is 407 g/mol. The molecule has 2 aromatic rings. The van der Waals surface area contributed by atoms with Gasteiger partial charge in [0.15, 0.2) is 0 Å². The molecule has 28 heavy (non-hydrogen) atoms. The molecule has 0 saturated carbocycles. The number of nitrogens with zero attached hydrogens (tertiary/aromatic N) is 2. The first kappa shape index (κ1) is 19.1. The molecule has 4 rings (SSSR count). The number of ether oxygens (including phenoxy) is 2. The molecule has 2 aromatic carbocycles. The smallest absolute Gasteiger partial charge is 0.292 e. The number of rotatable bonds is 3. The number of fused-ring (bicyclic) bond motifs is 2. The molecule has 2 aliphatic heterocycles. The lowest BCUT2D eigenvalue weighted by atomic mass is 10.0. The molecule has 0 unspecified atom stereocenters. The first-order valence-corrected chi connectivity index (χ1v) is 9.31. The van der Waals surface area contributed by atoms with E-state index in [0.29, 0.717) is 26.9 Å². The zero-order chi connectivity index (χ0) is 20.1. The van der Waals surface area contributed by atoms with Crippen molar-refractivity contribution in [2.75, 3.05) is 18.1 Å². The van der Waals surface area contributed by atoms with Crippen LogP contribution in [0.4, 0.5) is 5.69 Å². The molecule has 2 heterocycles. The standard InChI is InChI=1S/C19H16Cl2N2O5/c1-18(23(25)26)10-27-19(28-11-18)13-5-2-3-8-16(13)22(17(19)24)9-12-14(20)6-4-7-15(12)21/h2-8H,9-11H2,1H3. The predicted octanol–water partition coefficient (Wildman–Crippen LogP) is 3.78. The predicted molar refractivity (Wildman–Crippen MR) is 103 cm³/mol. The summed E-state index contributed by atoms with van der Waals surface area (Å²) in [5.74, 6) is -2.17. The molecule has 0 aromatic heterocycles. The van der Waals surface area contributed by atoms with E-state index >= 15 is 0 Å². The Bertz CT molecular complexity index is 952. The number of halogens is 2. The van der Waals surface area contributed by atoms with Gasteiger partial charge in [-0.1, -0.05) is 47.5 Å². The molecular formula is C19H16Cl2N2O5. The van der Waals surface area contributed by atoms with Crippen molar-refractivity contribution < 1.29 is 19.2 Å². The van der Waals surface area contributed by atoms with E-state index in [2.05, 4.69) is 0 Å². The fourth-order valence-electron chi connectivity index (χ4n) is 3.37. The van der Waals surface area contributed by atoms with Crippen LogP contribution in [-0.4, -0.2) is 29.6 Å². The van der Waals surface area contributed by atoms with Crippen LogP contribution in [0.1, 0.15) is 18.1 Å². The van der Waals surface area contributed by atoms with Crippen LogP contribution in [0.25, 0.3) is 0 Å². The second kappa shape index (κ2) is 6.70. The Morgan fingerprint density at radius 3 is 2.32 bits per heavy atom. The van der Waals surface area contributed by atoms with Crippen molar-refractivity contribution in [1.29, 1.82) is 0 Å². The molecule has 1 saturated heterocycles. The third kappa shape index (κ3) is 2.78. The lowest BCUT2D eigenvalue weighted by molar-refractivity contribution is -0.590. The average molecular weight is 423 g/mol. The van der Waals surface area contributed by atoms with E-state index in [1.54, 1.807) is 42.5 Å². The van der Waals surface area contributed by atoms with Crippen molar-refractivity contribution in [2.45, 2.75) is 24.8 Å². The normalized spacial score (nSPS) is 26.5. The Balaban J connectivity index is 1.73. The molecule has 0 aliphatic carbocycles. The summed E-state index contributed by atoms with van der Waals surface area (Å²) in [6, 6.07) is 12.1. The molecule has 146 valence electrons. The topological polar surface area (TPSA) is 81.9 Å². The number of nitro groups is 1. The summed E-state index contributed by atoms with van der Waals surface area (Å²) in [4.78, 5) is 25.7. The number of anilines is 1. The van der Waals surface area contributed by atoms with Gasteiger partial charge in [-0.15, -0.1) is 0 Å². The van der Waals surface area contributed by atoms with Crippen LogP contribution in [0.15, 0.2) is 42.5 Å². The van der Waals surface area contributed by atoms with Crippen molar-refractivity contribution in [3.8, 4) is 0 Å². The van der Waals surface area contributed by atoms with Gasteiger partial charge in [-0.2, -0.15) is 0 Å². The maximum Gasteiger partial charge on any atom is 0.292 e. The first-order chi connectivity index (χ1) is 13.3. The van der Waals surface area contributed by atoms with Gasteiger partial charge in [0, 0.05) is 33.0 Å². The fraction of sp³-hybridized carbons (Fsp3) is 0.316. The van der Waals surface area contributed by atoms with E-state index in [-0.39, 0.29) is 19.8 Å². The Morgan fingerprint density at radius 2 is 1.71 bits per heavy atom. The average Bonchev–Trinajstić information content (AvgIpc) is 2.90. The molecule has 9 heteroatoms. The third-order valence-corrected chi connectivity index (χ3v) is 5.78. The highest BCUT2D eigenvalue weighted by Crippen LogP contribution is 2.47. The number of carbonyl (C=O) groups is 1. The van der Waals surface area contributed by atoms with Gasteiger partial charge in [0.1, 0.15) is 13.2 Å². The van der Waals surface area contributed by atoms with Crippen LogP contribution < -0.4 is 4.90 Å². The molecule has 0 bridgehead atoms. The minimum Gasteiger partial charge on any atom is -0.331 e. The Morgan fingerprint density at radius 1 is 1.11 bits per heavy atom. The summed E-state index contributed by atoms with van der Waals surface area (Å²) >= 11 is 12.5. The second-order valence-corrected chi connectivity index (χ2v) is 7.87. The summed E-state index contributed by atoms with van der Waals surface area (Å²) < 4.78 is 11.5. The van der Waals surface area contributed by atoms with Crippen LogP contribution in [0, 0.1) is 10.1 Å². The van der Waals surface area contributed by atoms with Crippen molar-refractivity contribution in [1.82, 2.24) is 0 Å². The summed E-state index contributed by atoms with van der Waals surface area (Å²) in [7, 11) is 0. The van der Waals surface area contributed by atoms with E-state index in [9.17, 15) is 14.9 Å². The summed E-state index contributed by atoms with van der Waals surface area (Å²) in [5.41, 5.74) is 0.277. The highest BCUT2D eigenvalue weighted by Gasteiger charge is 2.60. The van der Waals surface area contributed by atoms with Gasteiger partial charge in [0.05, 0.1) is 12.2 Å². The van der Waals surface area contributed by atoms with Crippen LogP contribution in [0.2, 0.25) is 10.0 Å². The van der Waals surface area contributed by atoms with Gasteiger partial charge in [-0.25, -0.2) is 0 Å². The minimum absolute atomic E-state index is 0.120. The molecule has 1 amide bonds. The van der Waals surface area contributed by atoms with Crippen molar-refractivity contribution in [2.24, 2.45) is 0 Å². The Labute approximate surface area is 170 Å². The van der Waals surface area contributed by atoms with Crippen molar-refractivity contribution in [3.63, 3.8) is 0 Å². The fourth-order valence-corrected chi connectivity index (χ4v) is 3.89. The number of benzene rings is 2. The van der Waals surface area contributed by atoms with E-state index < -0.39 is 22.2 Å². The molecule has 7 nitrogen and oxygen atoms in total. The zero-order valence-electron chi connectivity index (χ0n) is 14.9. The van der Waals surface area contributed by atoms with Gasteiger partial charge in [-0.05, 0) is 18.2 Å². The minimum atomic E-state index is -1.71. The van der Waals surface area contributed by atoms with Crippen LogP contribution in [0.5, 0.6) is 0 Å².